The fourth-order valence-electron chi connectivity index (χ4n) is 4.55. The van der Waals surface area contributed by atoms with Crippen molar-refractivity contribution in [2.24, 2.45) is 5.73 Å². The number of carbonyl (C=O) groups is 1. The van der Waals surface area contributed by atoms with Crippen LogP contribution in [0.15, 0.2) is 72.8 Å². The molecule has 41 heavy (non-hydrogen) atoms. The number of nitrogens with zero attached hydrogens (tertiary/aromatic N) is 1. The van der Waals surface area contributed by atoms with Crippen molar-refractivity contribution in [1.82, 2.24) is 9.88 Å². The van der Waals surface area contributed by atoms with Crippen LogP contribution in [0.2, 0.25) is 0 Å². The largest absolute Gasteiger partial charge is 0.494 e. The molecule has 0 spiro atoms. The molecule has 0 bridgehead atoms. The van der Waals surface area contributed by atoms with Crippen molar-refractivity contribution in [3.63, 3.8) is 0 Å². The van der Waals surface area contributed by atoms with Crippen LogP contribution in [0.25, 0.3) is 16.8 Å². The van der Waals surface area contributed by atoms with Crippen LogP contribution in [0.4, 0.5) is 8.78 Å². The van der Waals surface area contributed by atoms with Crippen molar-refractivity contribution in [3.8, 4) is 34.3 Å². The number of aryl methyl sites for hydroxylation is 1. The zero-order chi connectivity index (χ0) is 29.6. The lowest BCUT2D eigenvalue weighted by molar-refractivity contribution is -0.163. The van der Waals surface area contributed by atoms with Crippen molar-refractivity contribution in [3.05, 3.63) is 95.6 Å². The molecule has 0 saturated carbocycles. The number of esters is 1. The van der Waals surface area contributed by atoms with Crippen LogP contribution in [0.1, 0.15) is 37.8 Å². The van der Waals surface area contributed by atoms with Gasteiger partial charge in [-0.3, -0.25) is 15.6 Å². The maximum atomic E-state index is 14.2. The van der Waals surface area contributed by atoms with Gasteiger partial charge in [-0.25, -0.2) is 13.6 Å². The maximum Gasteiger partial charge on any atom is 0.367 e. The molecular formula is C31H33F2N3O5. The molecule has 4 rings (SSSR count). The van der Waals surface area contributed by atoms with Crippen molar-refractivity contribution in [1.29, 1.82) is 0 Å². The molecule has 0 fully saturated rings. The summed E-state index contributed by atoms with van der Waals surface area (Å²) in [4.78, 5) is 13.1. The molecule has 8 nitrogen and oxygen atoms in total. The second kappa shape index (κ2) is 12.8. The Hall–Kier alpha value is -4.41. The summed E-state index contributed by atoms with van der Waals surface area (Å²) in [7, 11) is 0. The summed E-state index contributed by atoms with van der Waals surface area (Å²) in [6.07, 6.45) is 1.53. The summed E-state index contributed by atoms with van der Waals surface area (Å²) in [5.41, 5.74) is 7.30. The molecule has 1 aromatic heterocycles. The predicted molar refractivity (Wildman–Crippen MR) is 151 cm³/mol. The highest BCUT2D eigenvalue weighted by Gasteiger charge is 2.38. The molecule has 216 valence electrons. The van der Waals surface area contributed by atoms with Gasteiger partial charge in [0.1, 0.15) is 24.1 Å². The molecule has 0 aliphatic rings. The Kier molecular flexibility index (Phi) is 9.26. The van der Waals surface area contributed by atoms with Crippen LogP contribution in [0.5, 0.6) is 17.5 Å². The lowest BCUT2D eigenvalue weighted by atomic mass is 10.0. The number of nitrogens with two attached hydrogens (primary N) is 1. The maximum absolute atomic E-state index is 14.2. The first-order valence-electron chi connectivity index (χ1n) is 13.3. The Morgan fingerprint density at radius 3 is 2.29 bits per heavy atom. The summed E-state index contributed by atoms with van der Waals surface area (Å²) >= 11 is 0. The van der Waals surface area contributed by atoms with Gasteiger partial charge in [-0.1, -0.05) is 44.5 Å². The third-order valence-corrected chi connectivity index (χ3v) is 6.52. The average Bonchev–Trinajstić information content (AvgIpc) is 3.28. The summed E-state index contributed by atoms with van der Waals surface area (Å²) in [6, 6.07) is 17.9. The van der Waals surface area contributed by atoms with E-state index in [1.165, 1.54) is 35.9 Å². The molecule has 0 unspecified atom stereocenters. The van der Waals surface area contributed by atoms with E-state index in [1.54, 1.807) is 0 Å². The molecule has 0 saturated heterocycles. The Morgan fingerprint density at radius 1 is 0.951 bits per heavy atom. The average molecular weight is 566 g/mol. The summed E-state index contributed by atoms with van der Waals surface area (Å²) < 4.78 is 40.8. The standard InChI is InChI=1S/C31H33F2N3O5/c1-3-12-31(34,30(39)40-19-35-18-21-7-5-6-20(4-2)13-21)41-25-8-9-27(36-28(37)10-11-29(36)38)26(17-25)22-14-23(32)16-24(33)15-22/h5-11,13-17,35,37-38H,3-4,12,18-19,34H2,1-2H3/t31-/m0/s1. The lowest BCUT2D eigenvalue weighted by Gasteiger charge is -2.28. The van der Waals surface area contributed by atoms with E-state index in [4.69, 9.17) is 15.2 Å². The van der Waals surface area contributed by atoms with E-state index in [9.17, 15) is 23.8 Å². The number of hydrogen-bond acceptors (Lipinski definition) is 7. The Bertz CT molecular complexity index is 1480. The van der Waals surface area contributed by atoms with Gasteiger partial charge in [-0.05, 0) is 53.4 Å². The third-order valence-electron chi connectivity index (χ3n) is 6.52. The molecule has 10 heteroatoms. The van der Waals surface area contributed by atoms with Gasteiger partial charge in [0.15, 0.2) is 11.8 Å². The Morgan fingerprint density at radius 2 is 1.63 bits per heavy atom. The number of aromatic nitrogens is 1. The van der Waals surface area contributed by atoms with Gasteiger partial charge < -0.3 is 19.7 Å². The zero-order valence-corrected chi connectivity index (χ0v) is 22.9. The quantitative estimate of drug-likeness (QED) is 0.101. The van der Waals surface area contributed by atoms with Crippen molar-refractivity contribution >= 4 is 5.97 Å². The van der Waals surface area contributed by atoms with Crippen molar-refractivity contribution < 1.29 is 33.3 Å². The number of benzene rings is 3. The molecule has 0 amide bonds. The highest BCUT2D eigenvalue weighted by molar-refractivity contribution is 5.80. The summed E-state index contributed by atoms with van der Waals surface area (Å²) in [6.45, 7) is 4.30. The zero-order valence-electron chi connectivity index (χ0n) is 22.9. The second-order valence-electron chi connectivity index (χ2n) is 9.64. The van der Waals surface area contributed by atoms with Crippen LogP contribution in [-0.2, 0) is 22.5 Å². The molecular weight excluding hydrogens is 532 g/mol. The number of halogens is 2. The minimum absolute atomic E-state index is 0.0971. The molecule has 4 aromatic rings. The number of nitrogens with one attached hydrogen (secondary N) is 1. The highest BCUT2D eigenvalue weighted by Crippen LogP contribution is 2.37. The Balaban J connectivity index is 1.57. The fraction of sp³-hybridized carbons (Fsp3) is 0.258. The number of aromatic hydroxyl groups is 2. The van der Waals surface area contributed by atoms with E-state index < -0.39 is 23.3 Å². The van der Waals surface area contributed by atoms with E-state index in [2.05, 4.69) is 18.3 Å². The molecule has 3 aromatic carbocycles. The molecule has 5 N–H and O–H groups in total. The lowest BCUT2D eigenvalue weighted by Crippen LogP contribution is -2.54. The summed E-state index contributed by atoms with van der Waals surface area (Å²) in [5.74, 6) is -2.93. The Labute approximate surface area is 237 Å². The van der Waals surface area contributed by atoms with E-state index in [-0.39, 0.29) is 47.5 Å². The second-order valence-corrected chi connectivity index (χ2v) is 9.64. The first kappa shape index (κ1) is 29.6. The minimum atomic E-state index is -1.86. The van der Waals surface area contributed by atoms with Gasteiger partial charge in [-0.2, -0.15) is 0 Å². The van der Waals surface area contributed by atoms with E-state index in [0.717, 1.165) is 34.8 Å². The minimum Gasteiger partial charge on any atom is -0.494 e. The fourth-order valence-corrected chi connectivity index (χ4v) is 4.55. The molecule has 1 atom stereocenters. The van der Waals surface area contributed by atoms with E-state index in [1.807, 2.05) is 25.1 Å². The van der Waals surface area contributed by atoms with Gasteiger partial charge in [0, 0.05) is 36.7 Å². The monoisotopic (exact) mass is 565 g/mol. The number of rotatable bonds is 12. The van der Waals surface area contributed by atoms with Gasteiger partial charge in [0.25, 0.3) is 5.72 Å². The van der Waals surface area contributed by atoms with Gasteiger partial charge in [0.05, 0.1) is 5.69 Å². The van der Waals surface area contributed by atoms with E-state index in [0.29, 0.717) is 13.0 Å². The number of carbonyl (C=O) groups excluding carboxylic acids is 1. The van der Waals surface area contributed by atoms with Crippen LogP contribution in [0.3, 0.4) is 0 Å². The number of hydrogen-bond donors (Lipinski definition) is 4. The molecule has 0 aliphatic heterocycles. The smallest absolute Gasteiger partial charge is 0.367 e. The first-order valence-corrected chi connectivity index (χ1v) is 13.3. The first-order chi connectivity index (χ1) is 19.6. The van der Waals surface area contributed by atoms with Gasteiger partial charge in [0.2, 0.25) is 0 Å². The van der Waals surface area contributed by atoms with Crippen molar-refractivity contribution in [2.75, 3.05) is 6.73 Å². The van der Waals surface area contributed by atoms with E-state index >= 15 is 0 Å². The summed E-state index contributed by atoms with van der Waals surface area (Å²) in [5, 5.41) is 23.7. The SMILES string of the molecule is CCC[C@](N)(Oc1ccc(-n2c(O)ccc2O)c(-c2cc(F)cc(F)c2)c1)C(=O)OCNCc1cccc(CC)c1. The molecule has 0 radical (unpaired) electrons. The topological polar surface area (TPSA) is 119 Å². The van der Waals surface area contributed by atoms with Crippen LogP contribution < -0.4 is 15.8 Å². The predicted octanol–water partition coefficient (Wildman–Crippen LogP) is 5.52. The third kappa shape index (κ3) is 7.03. The highest BCUT2D eigenvalue weighted by atomic mass is 19.1. The van der Waals surface area contributed by atoms with Gasteiger partial charge >= 0.3 is 5.97 Å². The van der Waals surface area contributed by atoms with Crippen molar-refractivity contribution in [2.45, 2.75) is 45.4 Å². The van der Waals surface area contributed by atoms with Crippen LogP contribution in [0, 0.1) is 11.6 Å². The van der Waals surface area contributed by atoms with Crippen LogP contribution in [-0.4, -0.2) is 33.2 Å². The van der Waals surface area contributed by atoms with Gasteiger partial charge in [-0.15, -0.1) is 0 Å². The normalized spacial score (nSPS) is 12.6. The van der Waals surface area contributed by atoms with Crippen LogP contribution >= 0.6 is 0 Å². The number of ether oxygens (including phenoxy) is 2. The molecule has 1 heterocycles. The molecule has 0 aliphatic carbocycles.